The number of aromatic nitrogens is 1. The Balaban J connectivity index is 1.61. The van der Waals surface area contributed by atoms with Crippen LogP contribution in [0, 0.1) is 6.92 Å². The minimum Gasteiger partial charge on any atom is -0.493 e. The van der Waals surface area contributed by atoms with E-state index < -0.39 is 0 Å². The number of carbonyl (C=O) groups excluding carboxylic acids is 1. The average molecular weight is 465 g/mol. The largest absolute Gasteiger partial charge is 0.493 e. The van der Waals surface area contributed by atoms with E-state index in [1.165, 1.54) is 0 Å². The van der Waals surface area contributed by atoms with Gasteiger partial charge < -0.3 is 18.8 Å². The molecule has 0 aliphatic carbocycles. The van der Waals surface area contributed by atoms with Crippen LogP contribution in [0.5, 0.6) is 11.5 Å². The number of oxazole rings is 1. The molecule has 1 aromatic heterocycles. The molecule has 0 spiro atoms. The number of rotatable bonds is 8. The van der Waals surface area contributed by atoms with E-state index in [2.05, 4.69) is 4.98 Å². The minimum absolute atomic E-state index is 0.0828. The van der Waals surface area contributed by atoms with Crippen LogP contribution in [0.4, 0.5) is 0 Å². The smallest absolute Gasteiger partial charge is 0.227 e. The van der Waals surface area contributed by atoms with Crippen molar-refractivity contribution in [2.45, 2.75) is 26.4 Å². The Kier molecular flexibility index (Phi) is 6.84. The zero-order chi connectivity index (χ0) is 23.4. The average Bonchev–Trinajstić information content (AvgIpc) is 3.21. The molecule has 0 fully saturated rings. The summed E-state index contributed by atoms with van der Waals surface area (Å²) in [6.07, 6.45) is 0.185. The molecule has 0 aliphatic heterocycles. The van der Waals surface area contributed by atoms with Crippen LogP contribution in [-0.4, -0.2) is 30.0 Å². The second-order valence-corrected chi connectivity index (χ2v) is 8.19. The van der Waals surface area contributed by atoms with Crippen LogP contribution >= 0.6 is 11.6 Å². The number of nitrogens with zero attached hydrogens (tertiary/aromatic N) is 2. The maximum atomic E-state index is 13.4. The number of ether oxygens (including phenoxy) is 2. The number of fused-ring (bicyclic) bond motifs is 1. The second-order valence-electron chi connectivity index (χ2n) is 7.79. The van der Waals surface area contributed by atoms with Gasteiger partial charge >= 0.3 is 0 Å². The summed E-state index contributed by atoms with van der Waals surface area (Å²) in [4.78, 5) is 19.7. The molecule has 0 atom stereocenters. The number of methoxy groups -OCH3 is 2. The fraction of sp³-hybridized carbons (Fsp3) is 0.231. The van der Waals surface area contributed by atoms with Crippen LogP contribution in [0.15, 0.2) is 65.1 Å². The third-order valence-corrected chi connectivity index (χ3v) is 5.76. The molecule has 0 saturated heterocycles. The van der Waals surface area contributed by atoms with Gasteiger partial charge in [0.25, 0.3) is 0 Å². The molecule has 6 nitrogen and oxygen atoms in total. The molecule has 3 aromatic carbocycles. The van der Waals surface area contributed by atoms with Gasteiger partial charge in [0.15, 0.2) is 17.1 Å². The van der Waals surface area contributed by atoms with Gasteiger partial charge in [0.2, 0.25) is 11.8 Å². The highest BCUT2D eigenvalue weighted by atomic mass is 35.5. The number of amides is 1. The van der Waals surface area contributed by atoms with E-state index in [4.69, 9.17) is 25.5 Å². The summed E-state index contributed by atoms with van der Waals surface area (Å²) in [5.74, 6) is 1.59. The Hall–Kier alpha value is -3.51. The molecule has 1 amide bonds. The summed E-state index contributed by atoms with van der Waals surface area (Å²) in [5, 5.41) is 0.606. The first kappa shape index (κ1) is 22.7. The molecule has 0 N–H and O–H groups in total. The molecule has 1 heterocycles. The number of hydrogen-bond donors (Lipinski definition) is 0. The topological polar surface area (TPSA) is 64.8 Å². The number of hydrogen-bond acceptors (Lipinski definition) is 5. The van der Waals surface area contributed by atoms with Gasteiger partial charge in [-0.3, -0.25) is 4.79 Å². The zero-order valence-corrected chi connectivity index (χ0v) is 19.6. The molecular weight excluding hydrogens is 440 g/mol. The summed E-state index contributed by atoms with van der Waals surface area (Å²) in [5.41, 5.74) is 4.23. The van der Waals surface area contributed by atoms with Crippen molar-refractivity contribution in [3.8, 4) is 11.5 Å². The quantitative estimate of drug-likeness (QED) is 0.340. The Morgan fingerprint density at radius 1 is 1.00 bits per heavy atom. The van der Waals surface area contributed by atoms with Crippen molar-refractivity contribution >= 4 is 28.6 Å². The van der Waals surface area contributed by atoms with Crippen LogP contribution in [0.3, 0.4) is 0 Å². The highest BCUT2D eigenvalue weighted by molar-refractivity contribution is 6.31. The van der Waals surface area contributed by atoms with Crippen molar-refractivity contribution in [1.29, 1.82) is 0 Å². The van der Waals surface area contributed by atoms with Gasteiger partial charge in [-0.05, 0) is 53.9 Å². The van der Waals surface area contributed by atoms with Crippen LogP contribution in [0.2, 0.25) is 5.02 Å². The first-order chi connectivity index (χ1) is 16.0. The summed E-state index contributed by atoms with van der Waals surface area (Å²) in [7, 11) is 3.15. The predicted octanol–water partition coefficient (Wildman–Crippen LogP) is 5.58. The third-order valence-electron chi connectivity index (χ3n) is 5.39. The molecule has 170 valence electrons. The van der Waals surface area contributed by atoms with E-state index in [1.54, 1.807) is 25.2 Å². The second kappa shape index (κ2) is 9.96. The molecule has 0 radical (unpaired) electrons. The Bertz CT molecular complexity index is 1280. The molecule has 7 heteroatoms. The van der Waals surface area contributed by atoms with Gasteiger partial charge in [-0.15, -0.1) is 0 Å². The fourth-order valence-electron chi connectivity index (χ4n) is 3.66. The Morgan fingerprint density at radius 2 is 1.79 bits per heavy atom. The normalized spacial score (nSPS) is 10.9. The zero-order valence-electron chi connectivity index (χ0n) is 18.8. The van der Waals surface area contributed by atoms with Crippen molar-refractivity contribution in [3.63, 3.8) is 0 Å². The van der Waals surface area contributed by atoms with Gasteiger partial charge in [0.1, 0.15) is 5.52 Å². The van der Waals surface area contributed by atoms with Crippen molar-refractivity contribution in [2.75, 3.05) is 14.2 Å². The first-order valence-corrected chi connectivity index (χ1v) is 10.9. The standard InChI is InChI=1S/C26H25ClN2O4/c1-17-8-10-22-21(12-17)28-25(33-22)16-29(15-19-6-4-5-7-20(19)27)26(30)14-18-9-11-23(31-2)24(13-18)32-3/h4-13H,14-16H2,1-3H3. The van der Waals surface area contributed by atoms with Gasteiger partial charge in [-0.25, -0.2) is 4.98 Å². The summed E-state index contributed by atoms with van der Waals surface area (Å²) < 4.78 is 16.6. The van der Waals surface area contributed by atoms with Crippen molar-refractivity contribution in [3.05, 3.63) is 88.3 Å². The number of aryl methyl sites for hydroxylation is 1. The van der Waals surface area contributed by atoms with Crippen molar-refractivity contribution < 1.29 is 18.7 Å². The third kappa shape index (κ3) is 5.29. The molecule has 0 bridgehead atoms. The van der Waals surface area contributed by atoms with Gasteiger partial charge in [0.05, 0.1) is 27.2 Å². The molecule has 0 saturated carbocycles. The SMILES string of the molecule is COc1ccc(CC(=O)N(Cc2nc3cc(C)ccc3o2)Cc2ccccc2Cl)cc1OC. The van der Waals surface area contributed by atoms with Gasteiger partial charge in [-0.2, -0.15) is 0 Å². The van der Waals surface area contributed by atoms with E-state index in [9.17, 15) is 4.79 Å². The predicted molar refractivity (Wildman–Crippen MR) is 128 cm³/mol. The monoisotopic (exact) mass is 464 g/mol. The maximum Gasteiger partial charge on any atom is 0.227 e. The fourth-order valence-corrected chi connectivity index (χ4v) is 3.85. The lowest BCUT2D eigenvalue weighted by Crippen LogP contribution is -2.31. The van der Waals surface area contributed by atoms with Gasteiger partial charge in [-0.1, -0.05) is 41.9 Å². The number of halogens is 1. The molecule has 33 heavy (non-hydrogen) atoms. The summed E-state index contributed by atoms with van der Waals surface area (Å²) in [6.45, 7) is 2.57. The molecular formula is C26H25ClN2O4. The molecule has 0 aliphatic rings. The number of benzene rings is 3. The Morgan fingerprint density at radius 3 is 2.55 bits per heavy atom. The maximum absolute atomic E-state index is 13.4. The van der Waals surface area contributed by atoms with Crippen LogP contribution in [0.25, 0.3) is 11.1 Å². The highest BCUT2D eigenvalue weighted by Crippen LogP contribution is 2.28. The van der Waals surface area contributed by atoms with Crippen molar-refractivity contribution in [1.82, 2.24) is 9.88 Å². The molecule has 0 unspecified atom stereocenters. The van der Waals surface area contributed by atoms with E-state index in [0.29, 0.717) is 34.5 Å². The lowest BCUT2D eigenvalue weighted by atomic mass is 10.1. The van der Waals surface area contributed by atoms with E-state index in [-0.39, 0.29) is 18.9 Å². The minimum atomic E-state index is -0.0828. The molecule has 4 rings (SSSR count). The lowest BCUT2D eigenvalue weighted by Gasteiger charge is -2.22. The van der Waals surface area contributed by atoms with Crippen LogP contribution < -0.4 is 9.47 Å². The summed E-state index contributed by atoms with van der Waals surface area (Å²) >= 11 is 6.38. The first-order valence-electron chi connectivity index (χ1n) is 10.5. The molecule has 4 aromatic rings. The van der Waals surface area contributed by atoms with E-state index in [1.807, 2.05) is 61.5 Å². The van der Waals surface area contributed by atoms with Gasteiger partial charge in [0, 0.05) is 11.6 Å². The highest BCUT2D eigenvalue weighted by Gasteiger charge is 2.20. The summed E-state index contributed by atoms with van der Waals surface area (Å²) in [6, 6.07) is 18.8. The van der Waals surface area contributed by atoms with Crippen molar-refractivity contribution in [2.24, 2.45) is 0 Å². The van der Waals surface area contributed by atoms with Crippen LogP contribution in [-0.2, 0) is 24.3 Å². The number of carbonyl (C=O) groups is 1. The van der Waals surface area contributed by atoms with E-state index >= 15 is 0 Å². The lowest BCUT2D eigenvalue weighted by molar-refractivity contribution is -0.132. The Labute approximate surface area is 197 Å². The van der Waals surface area contributed by atoms with Crippen LogP contribution in [0.1, 0.15) is 22.6 Å². The van der Waals surface area contributed by atoms with E-state index in [0.717, 1.165) is 22.2 Å².